The minimum absolute atomic E-state index is 0.0648. The molecule has 4 atom stereocenters. The van der Waals surface area contributed by atoms with Crippen LogP contribution in [0.15, 0.2) is 47.6 Å². The molecule has 1 heterocycles. The van der Waals surface area contributed by atoms with Gasteiger partial charge in [-0.3, -0.25) is 9.59 Å². The molecule has 0 N–H and O–H groups in total. The van der Waals surface area contributed by atoms with Gasteiger partial charge in [0.2, 0.25) is 0 Å². The third kappa shape index (κ3) is 5.10. The maximum absolute atomic E-state index is 12.4. The largest absolute Gasteiger partial charge is 0.458 e. The van der Waals surface area contributed by atoms with Gasteiger partial charge in [0.1, 0.15) is 6.10 Å². The lowest BCUT2D eigenvalue weighted by Gasteiger charge is -2.33. The molecule has 0 spiro atoms. The monoisotopic (exact) mass is 402 g/mol. The summed E-state index contributed by atoms with van der Waals surface area (Å²) in [6.07, 6.45) is 0.305. The molecule has 0 bridgehead atoms. The summed E-state index contributed by atoms with van der Waals surface area (Å²) in [4.78, 5) is 48.8. The van der Waals surface area contributed by atoms with Crippen molar-refractivity contribution in [2.24, 2.45) is 5.92 Å². The first-order valence-corrected chi connectivity index (χ1v) is 9.33. The van der Waals surface area contributed by atoms with Crippen molar-refractivity contribution in [1.29, 1.82) is 0 Å². The van der Waals surface area contributed by atoms with Crippen molar-refractivity contribution < 1.29 is 33.4 Å². The topological polar surface area (TPSA) is 96.0 Å². The first-order chi connectivity index (χ1) is 13.5. The number of fused-ring (bicyclic) bond motifs is 1. The minimum atomic E-state index is -1.06. The Labute approximate surface area is 170 Å². The maximum atomic E-state index is 12.4. The lowest BCUT2D eigenvalue weighted by atomic mass is 9.82. The van der Waals surface area contributed by atoms with Gasteiger partial charge in [0, 0.05) is 30.9 Å². The second-order valence-corrected chi connectivity index (χ2v) is 7.36. The van der Waals surface area contributed by atoms with E-state index in [1.165, 1.54) is 13.0 Å². The van der Waals surface area contributed by atoms with Gasteiger partial charge in [0.25, 0.3) is 0 Å². The number of hydrogen-bond acceptors (Lipinski definition) is 7. The molecule has 1 unspecified atom stereocenters. The molecule has 1 saturated heterocycles. The average Bonchev–Trinajstić information content (AvgIpc) is 2.91. The summed E-state index contributed by atoms with van der Waals surface area (Å²) in [6.45, 7) is 14.0. The Morgan fingerprint density at radius 1 is 1.21 bits per heavy atom. The van der Waals surface area contributed by atoms with Crippen LogP contribution < -0.4 is 0 Å². The molecule has 7 heteroatoms. The van der Waals surface area contributed by atoms with E-state index in [0.717, 1.165) is 0 Å². The van der Waals surface area contributed by atoms with Crippen molar-refractivity contribution in [1.82, 2.24) is 0 Å². The highest BCUT2D eigenvalue weighted by molar-refractivity contribution is 5.93. The second kappa shape index (κ2) is 9.03. The second-order valence-electron chi connectivity index (χ2n) is 7.36. The zero-order valence-electron chi connectivity index (χ0n) is 17.2. The molecule has 1 aliphatic heterocycles. The highest BCUT2D eigenvalue weighted by Gasteiger charge is 2.50. The van der Waals surface area contributed by atoms with Crippen molar-refractivity contribution in [3.63, 3.8) is 0 Å². The SMILES string of the molecule is C=C1C(=O)O[C@@H]2[C@H]1C(OC(=O)/C(C)=C/C)C/C(C)=C\C(=O)CC(=C)[C@@H]2OC(C)=O. The molecule has 0 radical (unpaired) electrons. The minimum Gasteiger partial charge on any atom is -0.458 e. The summed E-state index contributed by atoms with van der Waals surface area (Å²) in [7, 11) is 0. The molecule has 1 aliphatic carbocycles. The Morgan fingerprint density at radius 3 is 2.45 bits per heavy atom. The quantitative estimate of drug-likeness (QED) is 0.310. The van der Waals surface area contributed by atoms with Crippen molar-refractivity contribution in [3.05, 3.63) is 47.6 Å². The molecule has 0 amide bonds. The Kier molecular flexibility index (Phi) is 6.95. The highest BCUT2D eigenvalue weighted by atomic mass is 16.6. The molecule has 29 heavy (non-hydrogen) atoms. The molecule has 7 nitrogen and oxygen atoms in total. The number of rotatable bonds is 3. The van der Waals surface area contributed by atoms with Gasteiger partial charge in [-0.25, -0.2) is 9.59 Å². The summed E-state index contributed by atoms with van der Waals surface area (Å²) in [5.41, 5.74) is 1.49. The molecule has 2 aliphatic rings. The van der Waals surface area contributed by atoms with Crippen LogP contribution in [0.2, 0.25) is 0 Å². The Balaban J connectivity index is 2.55. The summed E-state index contributed by atoms with van der Waals surface area (Å²) in [5, 5.41) is 0. The number of carbonyl (C=O) groups is 4. The van der Waals surface area contributed by atoms with Crippen LogP contribution >= 0.6 is 0 Å². The normalized spacial score (nSPS) is 30.1. The molecule has 2 rings (SSSR count). The van der Waals surface area contributed by atoms with E-state index in [9.17, 15) is 19.2 Å². The van der Waals surface area contributed by atoms with Crippen molar-refractivity contribution in [2.45, 2.75) is 58.8 Å². The molecule has 0 saturated carbocycles. The lowest BCUT2D eigenvalue weighted by Crippen LogP contribution is -2.43. The van der Waals surface area contributed by atoms with Crippen LogP contribution in [-0.2, 0) is 33.4 Å². The third-order valence-electron chi connectivity index (χ3n) is 5.00. The molecule has 0 aromatic heterocycles. The highest BCUT2D eigenvalue weighted by Crippen LogP contribution is 2.39. The van der Waals surface area contributed by atoms with E-state index in [1.54, 1.807) is 26.8 Å². The summed E-state index contributed by atoms with van der Waals surface area (Å²) < 4.78 is 16.5. The third-order valence-corrected chi connectivity index (χ3v) is 5.00. The van der Waals surface area contributed by atoms with Gasteiger partial charge in [-0.05, 0) is 32.4 Å². The van der Waals surface area contributed by atoms with E-state index in [2.05, 4.69) is 13.2 Å². The van der Waals surface area contributed by atoms with Crippen molar-refractivity contribution in [2.75, 3.05) is 0 Å². The predicted octanol–water partition coefficient (Wildman–Crippen LogP) is 2.76. The molecular weight excluding hydrogens is 376 g/mol. The number of esters is 3. The fourth-order valence-electron chi connectivity index (χ4n) is 3.47. The zero-order valence-corrected chi connectivity index (χ0v) is 17.2. The Hall–Kier alpha value is -2.96. The van der Waals surface area contributed by atoms with Crippen LogP contribution in [0.25, 0.3) is 0 Å². The molecular formula is C22H26O7. The fraction of sp³-hybridized carbons (Fsp3) is 0.455. The number of ketones is 1. The van der Waals surface area contributed by atoms with E-state index in [4.69, 9.17) is 14.2 Å². The van der Waals surface area contributed by atoms with Crippen LogP contribution in [0.4, 0.5) is 0 Å². The van der Waals surface area contributed by atoms with E-state index in [-0.39, 0.29) is 24.2 Å². The fourth-order valence-corrected chi connectivity index (χ4v) is 3.47. The van der Waals surface area contributed by atoms with Gasteiger partial charge in [-0.15, -0.1) is 0 Å². The average molecular weight is 402 g/mol. The van der Waals surface area contributed by atoms with Gasteiger partial charge < -0.3 is 14.2 Å². The predicted molar refractivity (Wildman–Crippen MR) is 105 cm³/mol. The van der Waals surface area contributed by atoms with Crippen molar-refractivity contribution >= 4 is 23.7 Å². The van der Waals surface area contributed by atoms with Crippen LogP contribution in [-0.4, -0.2) is 42.0 Å². The van der Waals surface area contributed by atoms with Crippen molar-refractivity contribution in [3.8, 4) is 0 Å². The van der Waals surface area contributed by atoms with Gasteiger partial charge in [0.05, 0.1) is 5.92 Å². The van der Waals surface area contributed by atoms with Gasteiger partial charge in [-0.1, -0.05) is 24.8 Å². The summed E-state index contributed by atoms with van der Waals surface area (Å²) in [5.74, 6) is -2.82. The Bertz CT molecular complexity index is 830. The van der Waals surface area contributed by atoms with Gasteiger partial charge >= 0.3 is 17.9 Å². The summed E-state index contributed by atoms with van der Waals surface area (Å²) >= 11 is 0. The van der Waals surface area contributed by atoms with E-state index < -0.39 is 42.1 Å². The standard InChI is InChI=1S/C22H26O7/c1-7-12(3)21(25)28-17-9-11(2)8-16(24)10-13(4)19(27-15(6)23)20-18(17)14(5)22(26)29-20/h7-8,17-20H,4-5,9-10H2,1-3,6H3/b11-8-,12-7+/t17?,18-,19+,20-/m1/s1. The molecule has 1 fully saturated rings. The molecule has 0 aromatic carbocycles. The van der Waals surface area contributed by atoms with Gasteiger partial charge in [-0.2, -0.15) is 0 Å². The molecule has 156 valence electrons. The first-order valence-electron chi connectivity index (χ1n) is 9.33. The zero-order chi connectivity index (χ0) is 21.9. The van der Waals surface area contributed by atoms with E-state index in [0.29, 0.717) is 16.7 Å². The van der Waals surface area contributed by atoms with Crippen LogP contribution in [0.1, 0.15) is 40.5 Å². The van der Waals surface area contributed by atoms with Crippen LogP contribution in [0.3, 0.4) is 0 Å². The number of allylic oxidation sites excluding steroid dienone is 2. The number of hydrogen-bond donors (Lipinski definition) is 0. The van der Waals surface area contributed by atoms with E-state index >= 15 is 0 Å². The number of ether oxygens (including phenoxy) is 3. The Morgan fingerprint density at radius 2 is 1.86 bits per heavy atom. The first kappa shape index (κ1) is 22.3. The molecule has 0 aromatic rings. The van der Waals surface area contributed by atoms with Crippen LogP contribution in [0.5, 0.6) is 0 Å². The van der Waals surface area contributed by atoms with E-state index in [1.807, 2.05) is 0 Å². The smallest absolute Gasteiger partial charge is 0.334 e. The number of carbonyl (C=O) groups excluding carboxylic acids is 4. The van der Waals surface area contributed by atoms with Crippen LogP contribution in [0, 0.1) is 5.92 Å². The van der Waals surface area contributed by atoms with Gasteiger partial charge in [0.15, 0.2) is 18.0 Å². The summed E-state index contributed by atoms with van der Waals surface area (Å²) in [6, 6.07) is 0. The maximum Gasteiger partial charge on any atom is 0.334 e. The lowest BCUT2D eigenvalue weighted by molar-refractivity contribution is -0.162.